The highest BCUT2D eigenvalue weighted by Gasteiger charge is 2.25. The van der Waals surface area contributed by atoms with Crippen molar-refractivity contribution in [1.82, 2.24) is 14.7 Å². The molecule has 1 saturated heterocycles. The summed E-state index contributed by atoms with van der Waals surface area (Å²) < 4.78 is 90.8. The van der Waals surface area contributed by atoms with Crippen molar-refractivity contribution < 1.29 is 65.1 Å². The largest absolute Gasteiger partial charge is 0.420 e. The molecule has 0 aromatic heterocycles. The molecule has 3 aromatic rings. The van der Waals surface area contributed by atoms with Gasteiger partial charge in [-0.2, -0.15) is 8.78 Å². The molecule has 3 aromatic carbocycles. The van der Waals surface area contributed by atoms with E-state index in [4.69, 9.17) is 34.2 Å². The molecule has 68 heavy (non-hydrogen) atoms. The van der Waals surface area contributed by atoms with Crippen LogP contribution in [-0.4, -0.2) is 163 Å². The number of aliphatic imine (C=N–C) groups is 1. The zero-order valence-corrected chi connectivity index (χ0v) is 38.9. The quantitative estimate of drug-likeness (QED) is 0.0277. The van der Waals surface area contributed by atoms with E-state index < -0.39 is 41.4 Å². The Morgan fingerprint density at radius 2 is 1.18 bits per heavy atom. The number of nitrogens with two attached hydrogens (primary N) is 1. The molecule has 19 heteroatoms. The van der Waals surface area contributed by atoms with Crippen LogP contribution in [0.15, 0.2) is 59.1 Å². The van der Waals surface area contributed by atoms with E-state index in [0.717, 1.165) is 49.2 Å². The molecular weight excluding hydrogens is 895 g/mol. The molecular formula is C49H63F4N5O10. The van der Waals surface area contributed by atoms with E-state index in [2.05, 4.69) is 28.5 Å². The minimum atomic E-state index is -1.80. The van der Waals surface area contributed by atoms with E-state index in [0.29, 0.717) is 115 Å². The van der Waals surface area contributed by atoms with Gasteiger partial charge in [0.15, 0.2) is 11.6 Å². The fraction of sp³-hybridized carbons (Fsp3) is 0.510. The fourth-order valence-electron chi connectivity index (χ4n) is 7.28. The maximum absolute atomic E-state index is 13.6. The van der Waals surface area contributed by atoms with Crippen LogP contribution in [0.5, 0.6) is 5.75 Å². The summed E-state index contributed by atoms with van der Waals surface area (Å²) in [5, 5.41) is 0. The van der Waals surface area contributed by atoms with E-state index in [1.165, 1.54) is 0 Å². The van der Waals surface area contributed by atoms with E-state index in [1.54, 1.807) is 0 Å². The van der Waals surface area contributed by atoms with Crippen LogP contribution < -0.4 is 10.5 Å². The highest BCUT2D eigenvalue weighted by atomic mass is 19.2. The zero-order chi connectivity index (χ0) is 48.7. The van der Waals surface area contributed by atoms with Crippen LogP contribution in [0.2, 0.25) is 0 Å². The van der Waals surface area contributed by atoms with Gasteiger partial charge in [-0.25, -0.2) is 13.8 Å². The lowest BCUT2D eigenvalue weighted by atomic mass is 9.99. The number of amidine groups is 1. The van der Waals surface area contributed by atoms with Gasteiger partial charge in [0.25, 0.3) is 5.91 Å². The van der Waals surface area contributed by atoms with Crippen molar-refractivity contribution in [2.75, 3.05) is 125 Å². The van der Waals surface area contributed by atoms with Gasteiger partial charge in [0.1, 0.15) is 5.84 Å². The second-order valence-corrected chi connectivity index (χ2v) is 15.9. The Bertz CT molecular complexity index is 2120. The van der Waals surface area contributed by atoms with Gasteiger partial charge in [0, 0.05) is 75.0 Å². The maximum atomic E-state index is 13.6. The molecule has 0 unspecified atom stereocenters. The minimum absolute atomic E-state index is 0.00190. The molecule has 2 aliphatic heterocycles. The lowest BCUT2D eigenvalue weighted by Gasteiger charge is -2.34. The first kappa shape index (κ1) is 53.7. The number of rotatable bonds is 29. The van der Waals surface area contributed by atoms with Gasteiger partial charge in [-0.15, -0.1) is 0 Å². The van der Waals surface area contributed by atoms with E-state index in [9.17, 15) is 31.9 Å². The average molecular weight is 958 g/mol. The number of esters is 1. The molecule has 15 nitrogen and oxygen atoms in total. The van der Waals surface area contributed by atoms with Crippen LogP contribution in [0.3, 0.4) is 0 Å². The molecule has 2 heterocycles. The number of ether oxygens (including phenoxy) is 7. The molecule has 5 rings (SSSR count). The van der Waals surface area contributed by atoms with Gasteiger partial charge in [-0.1, -0.05) is 38.1 Å². The molecule has 0 spiro atoms. The van der Waals surface area contributed by atoms with Crippen molar-refractivity contribution in [2.45, 2.75) is 39.5 Å². The minimum Gasteiger partial charge on any atom is -0.420 e. The average Bonchev–Trinajstić information content (AvgIpc) is 3.51. The van der Waals surface area contributed by atoms with Gasteiger partial charge in [-0.05, 0) is 48.2 Å². The lowest BCUT2D eigenvalue weighted by molar-refractivity contribution is -0.136. The van der Waals surface area contributed by atoms with E-state index in [-0.39, 0.29) is 37.7 Å². The van der Waals surface area contributed by atoms with Crippen LogP contribution in [0.4, 0.5) is 23.2 Å². The van der Waals surface area contributed by atoms with Gasteiger partial charge in [-0.3, -0.25) is 19.3 Å². The molecule has 0 aliphatic carbocycles. The fourth-order valence-corrected chi connectivity index (χ4v) is 7.28. The van der Waals surface area contributed by atoms with Gasteiger partial charge in [0.05, 0.1) is 91.4 Å². The van der Waals surface area contributed by atoms with Crippen molar-refractivity contribution in [3.63, 3.8) is 0 Å². The number of halogens is 4. The molecule has 2 N–H and O–H groups in total. The third-order valence-corrected chi connectivity index (χ3v) is 10.8. The number of nitrogens with zero attached hydrogens (tertiary/aromatic N) is 4. The van der Waals surface area contributed by atoms with E-state index in [1.807, 2.05) is 58.3 Å². The number of hydrogen-bond acceptors (Lipinski definition) is 13. The Morgan fingerprint density at radius 1 is 0.662 bits per heavy atom. The number of fused-ring (bicyclic) bond motifs is 1. The number of carbonyl (C=O) groups is 3. The summed E-state index contributed by atoms with van der Waals surface area (Å²) in [5.41, 5.74) is 11.0. The van der Waals surface area contributed by atoms with Crippen molar-refractivity contribution in [3.8, 4) is 16.9 Å². The predicted octanol–water partition coefficient (Wildman–Crippen LogP) is 6.19. The Balaban J connectivity index is 0.840. The second-order valence-electron chi connectivity index (χ2n) is 15.9. The van der Waals surface area contributed by atoms with E-state index >= 15 is 0 Å². The number of amides is 2. The number of benzene rings is 3. The predicted molar refractivity (Wildman–Crippen MR) is 247 cm³/mol. The van der Waals surface area contributed by atoms with Crippen molar-refractivity contribution >= 4 is 35.4 Å². The molecule has 2 aliphatic rings. The summed E-state index contributed by atoms with van der Waals surface area (Å²) in [6.45, 7) is 12.9. The number of carbonyl (C=O) groups excluding carboxylic acids is 3. The maximum Gasteiger partial charge on any atom is 0.313 e. The normalized spacial score (nSPS) is 14.0. The van der Waals surface area contributed by atoms with Gasteiger partial charge < -0.3 is 48.7 Å². The first-order valence-electron chi connectivity index (χ1n) is 23.1. The Kier molecular flexibility index (Phi) is 22.8. The first-order valence-corrected chi connectivity index (χ1v) is 23.1. The smallest absolute Gasteiger partial charge is 0.313 e. The zero-order valence-electron chi connectivity index (χ0n) is 38.9. The molecule has 0 saturated carbocycles. The number of piperazine rings is 1. The van der Waals surface area contributed by atoms with Crippen molar-refractivity contribution in [2.24, 2.45) is 10.7 Å². The first-order chi connectivity index (χ1) is 33.0. The van der Waals surface area contributed by atoms with Crippen molar-refractivity contribution in [3.05, 3.63) is 88.5 Å². The van der Waals surface area contributed by atoms with Crippen LogP contribution in [0.1, 0.15) is 55.5 Å². The highest BCUT2D eigenvalue weighted by molar-refractivity contribution is 6.05. The van der Waals surface area contributed by atoms with Crippen LogP contribution in [-0.2, 0) is 38.0 Å². The SMILES string of the molecule is CCCN(CCC)C(=O)C1=Cc2ccc(-c3ccc(C(=O)N4CCN(CCOCCOCCOCCOCCOCCOCCC(=O)Oc5c(F)c(F)cc(F)c5F)CC4)cc3)cc2N=C(N)C1. The Labute approximate surface area is 395 Å². The third kappa shape index (κ3) is 17.0. The molecule has 372 valence electrons. The summed E-state index contributed by atoms with van der Waals surface area (Å²) in [6, 6.07) is 13.6. The summed E-state index contributed by atoms with van der Waals surface area (Å²) >= 11 is 0. The topological polar surface area (TPSA) is 164 Å². The Hall–Kier alpha value is -5.28. The van der Waals surface area contributed by atoms with Crippen LogP contribution in [0, 0.1) is 23.3 Å². The van der Waals surface area contributed by atoms with Crippen LogP contribution >= 0.6 is 0 Å². The lowest BCUT2D eigenvalue weighted by Crippen LogP contribution is -2.49. The standard InChI is InChI=1S/C49H63F4N5O10/c1-3-12-57(13-4-2)49(61)39-31-38-10-9-37(32-42(38)55-43(54)33-39)35-5-7-36(8-6-35)48(60)58-16-14-56(15-17-58)18-20-63-22-24-65-26-28-67-30-29-66-27-25-64-23-21-62-19-11-44(59)68-47-45(52)40(50)34-41(51)46(47)53/h5-10,31-32,34H,3-4,11-30,33H2,1-2H3,(H2,54,55). The van der Waals surface area contributed by atoms with Gasteiger partial charge in [0.2, 0.25) is 23.3 Å². The molecule has 1 fully saturated rings. The molecule has 2 amide bonds. The summed E-state index contributed by atoms with van der Waals surface area (Å²) in [7, 11) is 0. The highest BCUT2D eigenvalue weighted by Crippen LogP contribution is 2.33. The molecule has 0 radical (unpaired) electrons. The number of hydrogen-bond donors (Lipinski definition) is 1. The molecule has 0 bridgehead atoms. The van der Waals surface area contributed by atoms with Crippen LogP contribution in [0.25, 0.3) is 17.2 Å². The van der Waals surface area contributed by atoms with Crippen molar-refractivity contribution in [1.29, 1.82) is 0 Å². The summed E-state index contributed by atoms with van der Waals surface area (Å²) in [6.07, 6.45) is 3.58. The monoisotopic (exact) mass is 957 g/mol. The summed E-state index contributed by atoms with van der Waals surface area (Å²) in [5.74, 6) is -9.10. The molecule has 0 atom stereocenters. The second kappa shape index (κ2) is 28.9. The third-order valence-electron chi connectivity index (χ3n) is 10.8. The summed E-state index contributed by atoms with van der Waals surface area (Å²) in [4.78, 5) is 49.2. The van der Waals surface area contributed by atoms with Gasteiger partial charge >= 0.3 is 5.97 Å². The Morgan fingerprint density at radius 3 is 1.72 bits per heavy atom.